The fourth-order valence-electron chi connectivity index (χ4n) is 2.94. The lowest BCUT2D eigenvalue weighted by molar-refractivity contribution is -0.126. The summed E-state index contributed by atoms with van der Waals surface area (Å²) in [6.07, 6.45) is 1.39. The molecule has 0 radical (unpaired) electrons. The van der Waals surface area contributed by atoms with Gasteiger partial charge in [0, 0.05) is 11.4 Å². The third-order valence-corrected chi connectivity index (χ3v) is 4.70. The number of nitrogens with zero attached hydrogens (tertiary/aromatic N) is 1. The summed E-state index contributed by atoms with van der Waals surface area (Å²) in [5.74, 6) is -0.146. The Kier molecular flexibility index (Phi) is 4.32. The minimum atomic E-state index is -0.608. The van der Waals surface area contributed by atoms with Crippen molar-refractivity contribution in [3.63, 3.8) is 0 Å². The number of nitrogens with one attached hydrogen (secondary N) is 2. The molecule has 122 valence electrons. The van der Waals surface area contributed by atoms with Crippen molar-refractivity contribution in [2.45, 2.75) is 24.0 Å². The van der Waals surface area contributed by atoms with Crippen molar-refractivity contribution in [1.82, 2.24) is 15.5 Å². The van der Waals surface area contributed by atoms with Gasteiger partial charge in [0.2, 0.25) is 0 Å². The lowest BCUT2D eigenvalue weighted by Crippen LogP contribution is -2.44. The summed E-state index contributed by atoms with van der Waals surface area (Å²) in [6, 6.07) is 7.04. The van der Waals surface area contributed by atoms with Gasteiger partial charge < -0.3 is 20.6 Å². The maximum atomic E-state index is 12.7. The first-order valence-electron chi connectivity index (χ1n) is 7.41. The Hall–Kier alpha value is -1.99. The minimum absolute atomic E-state index is 0.146. The van der Waals surface area contributed by atoms with Gasteiger partial charge in [0.25, 0.3) is 5.91 Å². The molecule has 23 heavy (non-hydrogen) atoms. The second-order valence-corrected chi connectivity index (χ2v) is 6.61. The van der Waals surface area contributed by atoms with Crippen molar-refractivity contribution in [1.29, 1.82) is 0 Å². The van der Waals surface area contributed by atoms with E-state index in [4.69, 9.17) is 0 Å². The summed E-state index contributed by atoms with van der Waals surface area (Å²) in [5.41, 5.74) is 2.05. The number of amides is 3. The standard InChI is InChI=1S/C16H19N3O3S/c1-9(20)7-19-8-12-13(15(19)21)14(18-16(22)17-12)10-3-5-11(23-2)6-4-10/h3-6,9,14,20H,7-8H2,1-2H3,(H2,17,18,22). The van der Waals surface area contributed by atoms with Crippen LogP contribution in [-0.4, -0.2) is 47.4 Å². The molecular formula is C16H19N3O3S. The molecule has 0 aromatic heterocycles. The van der Waals surface area contributed by atoms with Crippen molar-refractivity contribution >= 4 is 23.7 Å². The zero-order chi connectivity index (χ0) is 16.6. The van der Waals surface area contributed by atoms with E-state index in [2.05, 4.69) is 10.6 Å². The third-order valence-electron chi connectivity index (χ3n) is 3.95. The summed E-state index contributed by atoms with van der Waals surface area (Å²) in [5, 5.41) is 15.1. The van der Waals surface area contributed by atoms with Crippen LogP contribution in [0.4, 0.5) is 4.79 Å². The zero-order valence-corrected chi connectivity index (χ0v) is 13.8. The van der Waals surface area contributed by atoms with Crippen LogP contribution >= 0.6 is 11.8 Å². The van der Waals surface area contributed by atoms with Gasteiger partial charge >= 0.3 is 6.03 Å². The Morgan fingerprint density at radius 2 is 2.04 bits per heavy atom. The monoisotopic (exact) mass is 333 g/mol. The van der Waals surface area contributed by atoms with E-state index in [0.717, 1.165) is 10.5 Å². The molecule has 6 nitrogen and oxygen atoms in total. The maximum absolute atomic E-state index is 12.7. The molecule has 3 rings (SSSR count). The summed E-state index contributed by atoms with van der Waals surface area (Å²) in [6.45, 7) is 2.21. The molecule has 1 aromatic rings. The van der Waals surface area contributed by atoms with E-state index in [1.165, 1.54) is 0 Å². The Morgan fingerprint density at radius 1 is 1.35 bits per heavy atom. The lowest BCUT2D eigenvalue weighted by Gasteiger charge is -2.25. The van der Waals surface area contributed by atoms with Gasteiger partial charge in [-0.15, -0.1) is 11.8 Å². The quantitative estimate of drug-likeness (QED) is 0.724. The highest BCUT2D eigenvalue weighted by atomic mass is 32.2. The number of carbonyl (C=O) groups excluding carboxylic acids is 2. The molecule has 0 saturated heterocycles. The molecule has 0 spiro atoms. The molecule has 1 aromatic carbocycles. The summed E-state index contributed by atoms with van der Waals surface area (Å²) in [4.78, 5) is 27.2. The Balaban J connectivity index is 1.92. The van der Waals surface area contributed by atoms with Crippen molar-refractivity contribution in [3.8, 4) is 0 Å². The SMILES string of the molecule is CSc1ccc(C2NC(=O)NC3=C2C(=O)N(CC(C)O)C3)cc1. The van der Waals surface area contributed by atoms with Crippen LogP contribution in [-0.2, 0) is 4.79 Å². The van der Waals surface area contributed by atoms with E-state index < -0.39 is 12.1 Å². The molecule has 2 heterocycles. The van der Waals surface area contributed by atoms with Crippen LogP contribution in [0.5, 0.6) is 0 Å². The van der Waals surface area contributed by atoms with Gasteiger partial charge in [0.1, 0.15) is 0 Å². The summed E-state index contributed by atoms with van der Waals surface area (Å²) < 4.78 is 0. The van der Waals surface area contributed by atoms with Crippen molar-refractivity contribution in [3.05, 3.63) is 41.1 Å². The van der Waals surface area contributed by atoms with Crippen molar-refractivity contribution < 1.29 is 14.7 Å². The van der Waals surface area contributed by atoms with E-state index in [1.807, 2.05) is 30.5 Å². The minimum Gasteiger partial charge on any atom is -0.392 e. The Labute approximate surface area is 138 Å². The first-order valence-corrected chi connectivity index (χ1v) is 8.64. The molecule has 2 unspecified atom stereocenters. The van der Waals surface area contributed by atoms with Gasteiger partial charge in [0.05, 0.1) is 30.0 Å². The first kappa shape index (κ1) is 15.9. The summed E-state index contributed by atoms with van der Waals surface area (Å²) in [7, 11) is 0. The maximum Gasteiger partial charge on any atom is 0.319 e. The van der Waals surface area contributed by atoms with E-state index in [1.54, 1.807) is 23.6 Å². The van der Waals surface area contributed by atoms with E-state index in [0.29, 0.717) is 17.8 Å². The Bertz CT molecular complexity index is 670. The van der Waals surface area contributed by atoms with Gasteiger partial charge in [-0.3, -0.25) is 4.79 Å². The number of urea groups is 1. The number of hydrogen-bond donors (Lipinski definition) is 3. The lowest BCUT2D eigenvalue weighted by atomic mass is 9.96. The topological polar surface area (TPSA) is 81.7 Å². The third kappa shape index (κ3) is 3.07. The van der Waals surface area contributed by atoms with Crippen LogP contribution in [0.25, 0.3) is 0 Å². The second-order valence-electron chi connectivity index (χ2n) is 5.73. The molecule has 0 aliphatic carbocycles. The fraction of sp³-hybridized carbons (Fsp3) is 0.375. The molecular weight excluding hydrogens is 314 g/mol. The predicted molar refractivity (Wildman–Crippen MR) is 87.9 cm³/mol. The number of hydrogen-bond acceptors (Lipinski definition) is 4. The van der Waals surface area contributed by atoms with Crippen LogP contribution in [0.3, 0.4) is 0 Å². The largest absolute Gasteiger partial charge is 0.392 e. The highest BCUT2D eigenvalue weighted by Gasteiger charge is 2.40. The molecule has 2 aliphatic rings. The summed E-state index contributed by atoms with van der Waals surface area (Å²) >= 11 is 1.64. The average molecular weight is 333 g/mol. The molecule has 2 aliphatic heterocycles. The molecule has 3 amide bonds. The van der Waals surface area contributed by atoms with E-state index >= 15 is 0 Å². The van der Waals surface area contributed by atoms with Crippen LogP contribution in [0, 0.1) is 0 Å². The predicted octanol–water partition coefficient (Wildman–Crippen LogP) is 1.24. The van der Waals surface area contributed by atoms with Crippen LogP contribution in [0.1, 0.15) is 18.5 Å². The van der Waals surface area contributed by atoms with Crippen LogP contribution in [0.2, 0.25) is 0 Å². The average Bonchev–Trinajstić information content (AvgIpc) is 2.82. The van der Waals surface area contributed by atoms with Gasteiger partial charge in [-0.25, -0.2) is 4.79 Å². The number of aliphatic hydroxyl groups is 1. The molecule has 0 bridgehead atoms. The smallest absolute Gasteiger partial charge is 0.319 e. The van der Waals surface area contributed by atoms with E-state index in [-0.39, 0.29) is 18.5 Å². The molecule has 0 saturated carbocycles. The number of benzene rings is 1. The first-order chi connectivity index (χ1) is 11.0. The van der Waals surface area contributed by atoms with Crippen molar-refractivity contribution in [2.75, 3.05) is 19.3 Å². The van der Waals surface area contributed by atoms with Gasteiger partial charge in [-0.05, 0) is 30.9 Å². The van der Waals surface area contributed by atoms with Crippen molar-refractivity contribution in [2.24, 2.45) is 0 Å². The number of carbonyl (C=O) groups is 2. The van der Waals surface area contributed by atoms with Crippen LogP contribution in [0.15, 0.2) is 40.4 Å². The fourth-order valence-corrected chi connectivity index (χ4v) is 3.35. The number of thioether (sulfide) groups is 1. The van der Waals surface area contributed by atoms with Gasteiger partial charge in [0.15, 0.2) is 0 Å². The van der Waals surface area contributed by atoms with Crippen LogP contribution < -0.4 is 10.6 Å². The number of aliphatic hydroxyl groups excluding tert-OH is 1. The highest BCUT2D eigenvalue weighted by Crippen LogP contribution is 2.33. The normalized spacial score (nSPS) is 21.9. The zero-order valence-electron chi connectivity index (χ0n) is 13.0. The highest BCUT2D eigenvalue weighted by molar-refractivity contribution is 7.98. The number of β-amino-alcohol motifs (C(OH)–C–C–N with tert-alkyl or cyclic N) is 1. The molecule has 3 N–H and O–H groups in total. The Morgan fingerprint density at radius 3 is 2.65 bits per heavy atom. The molecule has 2 atom stereocenters. The van der Waals surface area contributed by atoms with Gasteiger partial charge in [-0.2, -0.15) is 0 Å². The molecule has 7 heteroatoms. The number of rotatable bonds is 4. The molecule has 0 fully saturated rings. The van der Waals surface area contributed by atoms with Gasteiger partial charge in [-0.1, -0.05) is 12.1 Å². The van der Waals surface area contributed by atoms with E-state index in [9.17, 15) is 14.7 Å². The second kappa shape index (κ2) is 6.25.